The molecule has 6 atom stereocenters. The average molecular weight is 398 g/mol. The van der Waals surface area contributed by atoms with E-state index in [-0.39, 0.29) is 41.4 Å². The molecule has 2 aromatic carbocycles. The van der Waals surface area contributed by atoms with Crippen LogP contribution in [0.2, 0.25) is 0 Å². The van der Waals surface area contributed by atoms with Crippen molar-refractivity contribution in [3.8, 4) is 0 Å². The maximum absolute atomic E-state index is 13.3. The van der Waals surface area contributed by atoms with Crippen molar-refractivity contribution in [2.75, 3.05) is 10.2 Å². The van der Waals surface area contributed by atoms with Crippen LogP contribution in [-0.4, -0.2) is 17.7 Å². The number of carbonyl (C=O) groups is 3. The van der Waals surface area contributed by atoms with Crippen LogP contribution in [-0.2, 0) is 9.59 Å². The molecule has 1 N–H and O–H groups in total. The molecule has 0 spiro atoms. The summed E-state index contributed by atoms with van der Waals surface area (Å²) in [6.07, 6.45) is 5.48. The molecule has 3 fully saturated rings. The van der Waals surface area contributed by atoms with Crippen molar-refractivity contribution in [2.45, 2.75) is 13.3 Å². The molecule has 5 aliphatic rings. The summed E-state index contributed by atoms with van der Waals surface area (Å²) in [5.41, 5.74) is 2.63. The molecular formula is C25H22N2O3. The molecule has 4 aliphatic carbocycles. The molecule has 2 bridgehead atoms. The molecule has 2 saturated carbocycles. The van der Waals surface area contributed by atoms with Gasteiger partial charge in [-0.25, -0.2) is 4.90 Å². The van der Waals surface area contributed by atoms with E-state index < -0.39 is 0 Å². The van der Waals surface area contributed by atoms with Gasteiger partial charge in [-0.2, -0.15) is 0 Å². The molecule has 3 amide bonds. The van der Waals surface area contributed by atoms with Crippen LogP contribution in [0.15, 0.2) is 60.7 Å². The van der Waals surface area contributed by atoms with Crippen molar-refractivity contribution >= 4 is 29.1 Å². The molecule has 1 aliphatic heterocycles. The van der Waals surface area contributed by atoms with E-state index in [1.807, 2.05) is 31.2 Å². The molecule has 0 radical (unpaired) electrons. The third-order valence-electron chi connectivity index (χ3n) is 7.42. The van der Waals surface area contributed by atoms with Crippen LogP contribution in [0.3, 0.4) is 0 Å². The minimum absolute atomic E-state index is 0.105. The van der Waals surface area contributed by atoms with Crippen LogP contribution >= 0.6 is 0 Å². The van der Waals surface area contributed by atoms with Crippen LogP contribution in [0, 0.1) is 42.4 Å². The Morgan fingerprint density at radius 3 is 2.27 bits per heavy atom. The number of hydrogen-bond acceptors (Lipinski definition) is 3. The number of aryl methyl sites for hydroxylation is 1. The Labute approximate surface area is 174 Å². The van der Waals surface area contributed by atoms with E-state index in [4.69, 9.17) is 0 Å². The summed E-state index contributed by atoms with van der Waals surface area (Å²) in [7, 11) is 0. The highest BCUT2D eigenvalue weighted by molar-refractivity contribution is 6.23. The fourth-order valence-electron chi connectivity index (χ4n) is 5.91. The van der Waals surface area contributed by atoms with Crippen molar-refractivity contribution in [1.82, 2.24) is 0 Å². The summed E-state index contributed by atoms with van der Waals surface area (Å²) in [6, 6.07) is 14.4. The van der Waals surface area contributed by atoms with Gasteiger partial charge in [0.1, 0.15) is 0 Å². The van der Waals surface area contributed by atoms with E-state index in [0.717, 1.165) is 17.7 Å². The molecule has 150 valence electrons. The van der Waals surface area contributed by atoms with Gasteiger partial charge in [-0.05, 0) is 66.8 Å². The lowest BCUT2D eigenvalue weighted by molar-refractivity contribution is -0.124. The number of benzene rings is 2. The Hall–Kier alpha value is -3.21. The number of para-hydroxylation sites is 1. The highest BCUT2D eigenvalue weighted by atomic mass is 16.2. The summed E-state index contributed by atoms with van der Waals surface area (Å²) in [4.78, 5) is 40.7. The molecule has 5 nitrogen and oxygen atoms in total. The standard InChI is InChI=1S/C25H22N2O3/c1-13-5-2-3-8-20(13)26-23(28)14-6-4-7-15(11-14)27-24(29)21-16-9-10-17(19-12-18(16)19)22(21)25(27)30/h2-11,16-19,21-22H,12H2,1H3,(H,26,28)/t16-,17+,18-,19-,21+,22+/m1/s1. The summed E-state index contributed by atoms with van der Waals surface area (Å²) in [5.74, 6) is 0.593. The predicted octanol–water partition coefficient (Wildman–Crippen LogP) is 3.80. The van der Waals surface area contributed by atoms with Gasteiger partial charge >= 0.3 is 0 Å². The first-order valence-electron chi connectivity index (χ1n) is 10.6. The number of allylic oxidation sites excluding steroid dienone is 2. The average Bonchev–Trinajstić information content (AvgIpc) is 3.53. The third-order valence-corrected chi connectivity index (χ3v) is 7.42. The minimum Gasteiger partial charge on any atom is -0.322 e. The normalized spacial score (nSPS) is 32.8. The van der Waals surface area contributed by atoms with Gasteiger partial charge in [0.15, 0.2) is 0 Å². The quantitative estimate of drug-likeness (QED) is 0.632. The van der Waals surface area contributed by atoms with Gasteiger partial charge in [0.05, 0.1) is 17.5 Å². The van der Waals surface area contributed by atoms with Crippen molar-refractivity contribution < 1.29 is 14.4 Å². The number of nitrogens with one attached hydrogen (secondary N) is 1. The second-order valence-corrected chi connectivity index (χ2v) is 8.99. The number of hydrogen-bond donors (Lipinski definition) is 1. The molecule has 30 heavy (non-hydrogen) atoms. The second-order valence-electron chi connectivity index (χ2n) is 8.99. The second kappa shape index (κ2) is 6.14. The van der Waals surface area contributed by atoms with E-state index in [1.165, 1.54) is 4.90 Å². The van der Waals surface area contributed by atoms with Crippen LogP contribution in [0.25, 0.3) is 0 Å². The fourth-order valence-corrected chi connectivity index (χ4v) is 5.91. The third kappa shape index (κ3) is 2.38. The number of nitrogens with zero attached hydrogens (tertiary/aromatic N) is 1. The van der Waals surface area contributed by atoms with Crippen LogP contribution < -0.4 is 10.2 Å². The van der Waals surface area contributed by atoms with Gasteiger partial charge in [-0.3, -0.25) is 14.4 Å². The van der Waals surface area contributed by atoms with Gasteiger partial charge < -0.3 is 5.32 Å². The Morgan fingerprint density at radius 2 is 1.60 bits per heavy atom. The van der Waals surface area contributed by atoms with Crippen LogP contribution in [0.1, 0.15) is 22.3 Å². The van der Waals surface area contributed by atoms with Crippen molar-refractivity contribution in [3.63, 3.8) is 0 Å². The molecule has 1 saturated heterocycles. The highest BCUT2D eigenvalue weighted by Crippen LogP contribution is 2.65. The molecule has 0 aromatic heterocycles. The SMILES string of the molecule is Cc1ccccc1NC(=O)c1cccc(N2C(=O)[C@H]3[C@@H]4C=C[C@@H]([C@H]5C[C@H]45)[C@@H]3C2=O)c1. The summed E-state index contributed by atoms with van der Waals surface area (Å²) < 4.78 is 0. The minimum atomic E-state index is -0.259. The molecular weight excluding hydrogens is 376 g/mol. The van der Waals surface area contributed by atoms with E-state index in [0.29, 0.717) is 23.1 Å². The first-order valence-corrected chi connectivity index (χ1v) is 10.6. The molecule has 0 unspecified atom stereocenters. The maximum atomic E-state index is 13.3. The van der Waals surface area contributed by atoms with Crippen LogP contribution in [0.4, 0.5) is 11.4 Å². The monoisotopic (exact) mass is 398 g/mol. The van der Waals surface area contributed by atoms with E-state index >= 15 is 0 Å². The molecule has 5 heteroatoms. The lowest BCUT2D eigenvalue weighted by Crippen LogP contribution is -2.40. The van der Waals surface area contributed by atoms with Gasteiger partial charge in [0.25, 0.3) is 5.91 Å². The first kappa shape index (κ1) is 17.6. The molecule has 7 rings (SSSR count). The van der Waals surface area contributed by atoms with Gasteiger partial charge in [-0.1, -0.05) is 36.4 Å². The number of carbonyl (C=O) groups excluding carboxylic acids is 3. The smallest absolute Gasteiger partial charge is 0.255 e. The first-order chi connectivity index (χ1) is 14.5. The van der Waals surface area contributed by atoms with E-state index in [2.05, 4.69) is 17.5 Å². The van der Waals surface area contributed by atoms with E-state index in [1.54, 1.807) is 24.3 Å². The zero-order valence-electron chi connectivity index (χ0n) is 16.6. The topological polar surface area (TPSA) is 66.5 Å². The zero-order chi connectivity index (χ0) is 20.6. The summed E-state index contributed by atoms with van der Waals surface area (Å²) >= 11 is 0. The van der Waals surface area contributed by atoms with Gasteiger partial charge in [0.2, 0.25) is 11.8 Å². The number of anilines is 2. The Morgan fingerprint density at radius 1 is 0.933 bits per heavy atom. The number of rotatable bonds is 3. The number of amides is 3. The van der Waals surface area contributed by atoms with E-state index in [9.17, 15) is 14.4 Å². The van der Waals surface area contributed by atoms with Crippen LogP contribution in [0.5, 0.6) is 0 Å². The predicted molar refractivity (Wildman–Crippen MR) is 113 cm³/mol. The summed E-state index contributed by atoms with van der Waals surface area (Å²) in [6.45, 7) is 1.93. The maximum Gasteiger partial charge on any atom is 0.255 e. The van der Waals surface area contributed by atoms with Crippen molar-refractivity contribution in [2.24, 2.45) is 35.5 Å². The van der Waals surface area contributed by atoms with Gasteiger partial charge in [0, 0.05) is 11.3 Å². The molecule has 1 heterocycles. The fraction of sp³-hybridized carbons (Fsp3) is 0.320. The highest BCUT2D eigenvalue weighted by Gasteiger charge is 2.67. The lowest BCUT2D eigenvalue weighted by atomic mass is 9.63. The Kier molecular flexibility index (Phi) is 3.61. The Balaban J connectivity index is 1.30. The van der Waals surface area contributed by atoms with Crippen molar-refractivity contribution in [3.05, 3.63) is 71.8 Å². The zero-order valence-corrected chi connectivity index (χ0v) is 16.6. The largest absolute Gasteiger partial charge is 0.322 e. The van der Waals surface area contributed by atoms with Crippen molar-refractivity contribution in [1.29, 1.82) is 0 Å². The lowest BCUT2D eigenvalue weighted by Gasteiger charge is -2.37. The Bertz CT molecular complexity index is 1100. The van der Waals surface area contributed by atoms with Gasteiger partial charge in [-0.15, -0.1) is 0 Å². The summed E-state index contributed by atoms with van der Waals surface area (Å²) in [5, 5.41) is 2.92. The molecule has 2 aromatic rings. The number of imide groups is 1.